The van der Waals surface area contributed by atoms with Crippen molar-refractivity contribution in [2.45, 2.75) is 53.1 Å². The first-order chi connectivity index (χ1) is 11.0. The van der Waals surface area contributed by atoms with Crippen molar-refractivity contribution in [2.75, 3.05) is 0 Å². The van der Waals surface area contributed by atoms with Gasteiger partial charge < -0.3 is 15.5 Å². The standard InChI is InChI=1S/C12H10N2.C4H9NO2.C2H6/c13-7-8-4-5-12-10(6-8)9-2-1-3-11(9)14-12;1-3(2)7-4(5)6;1-2/h4-6,14H,1-3H2;3H,1-2H3,(H2,5,6);1-2H3. The largest absolute Gasteiger partial charge is 0.447 e. The number of hydrogen-bond acceptors (Lipinski definition) is 3. The van der Waals surface area contributed by atoms with Crippen LogP contribution in [0.3, 0.4) is 0 Å². The van der Waals surface area contributed by atoms with E-state index in [1.807, 2.05) is 32.0 Å². The van der Waals surface area contributed by atoms with Crippen LogP contribution in [0, 0.1) is 11.3 Å². The van der Waals surface area contributed by atoms with E-state index < -0.39 is 6.09 Å². The number of carbonyl (C=O) groups is 1. The molecule has 1 amide bonds. The summed E-state index contributed by atoms with van der Waals surface area (Å²) in [6.45, 7) is 7.48. The van der Waals surface area contributed by atoms with Gasteiger partial charge in [-0.05, 0) is 56.9 Å². The van der Waals surface area contributed by atoms with Crippen molar-refractivity contribution in [3.63, 3.8) is 0 Å². The molecular formula is C18H25N3O2. The monoisotopic (exact) mass is 315 g/mol. The summed E-state index contributed by atoms with van der Waals surface area (Å²) >= 11 is 0. The first-order valence-corrected chi connectivity index (χ1v) is 8.01. The van der Waals surface area contributed by atoms with Crippen LogP contribution in [-0.2, 0) is 17.6 Å². The van der Waals surface area contributed by atoms with E-state index in [1.54, 1.807) is 13.8 Å². The van der Waals surface area contributed by atoms with Gasteiger partial charge in [-0.25, -0.2) is 4.79 Å². The quantitative estimate of drug-likeness (QED) is 0.831. The van der Waals surface area contributed by atoms with Crippen molar-refractivity contribution < 1.29 is 9.53 Å². The molecule has 0 bridgehead atoms. The lowest BCUT2D eigenvalue weighted by Crippen LogP contribution is -2.17. The number of aryl methyl sites for hydroxylation is 2. The summed E-state index contributed by atoms with van der Waals surface area (Å²) in [6.07, 6.45) is 2.75. The number of benzene rings is 1. The molecule has 124 valence electrons. The summed E-state index contributed by atoms with van der Waals surface area (Å²) in [7, 11) is 0. The van der Waals surface area contributed by atoms with Gasteiger partial charge in [0.2, 0.25) is 0 Å². The molecule has 0 radical (unpaired) electrons. The molecule has 3 rings (SSSR count). The molecule has 0 atom stereocenters. The highest BCUT2D eigenvalue weighted by Crippen LogP contribution is 2.30. The van der Waals surface area contributed by atoms with Crippen LogP contribution in [-0.4, -0.2) is 17.2 Å². The Morgan fingerprint density at radius 2 is 2.04 bits per heavy atom. The molecule has 1 aromatic heterocycles. The van der Waals surface area contributed by atoms with Crippen LogP contribution in [0.1, 0.15) is 50.9 Å². The third-order valence-corrected chi connectivity index (χ3v) is 3.33. The Kier molecular flexibility index (Phi) is 7.14. The number of nitrogens with one attached hydrogen (secondary N) is 1. The van der Waals surface area contributed by atoms with Gasteiger partial charge in [-0.1, -0.05) is 13.8 Å². The molecule has 0 unspecified atom stereocenters. The number of hydrogen-bond donors (Lipinski definition) is 2. The molecule has 3 N–H and O–H groups in total. The summed E-state index contributed by atoms with van der Waals surface area (Å²) in [5.74, 6) is 0. The molecule has 23 heavy (non-hydrogen) atoms. The van der Waals surface area contributed by atoms with Crippen LogP contribution in [0.15, 0.2) is 18.2 Å². The Labute approximate surface area is 137 Å². The lowest BCUT2D eigenvalue weighted by atomic mass is 10.1. The fraction of sp³-hybridized carbons (Fsp3) is 0.444. The molecule has 0 spiro atoms. The molecule has 1 heterocycles. The number of rotatable bonds is 1. The Bertz CT molecular complexity index is 696. The van der Waals surface area contributed by atoms with Gasteiger partial charge in [-0.2, -0.15) is 5.26 Å². The molecule has 0 saturated heterocycles. The maximum absolute atomic E-state index is 9.81. The maximum atomic E-state index is 9.81. The van der Waals surface area contributed by atoms with Gasteiger partial charge in [-0.3, -0.25) is 0 Å². The smallest absolute Gasteiger partial charge is 0.404 e. The summed E-state index contributed by atoms with van der Waals surface area (Å²) < 4.78 is 4.39. The van der Waals surface area contributed by atoms with Crippen molar-refractivity contribution in [1.29, 1.82) is 5.26 Å². The number of H-pyrrole nitrogens is 1. The average molecular weight is 315 g/mol. The van der Waals surface area contributed by atoms with Crippen molar-refractivity contribution in [2.24, 2.45) is 5.73 Å². The van der Waals surface area contributed by atoms with Crippen molar-refractivity contribution >= 4 is 17.0 Å². The van der Waals surface area contributed by atoms with Crippen molar-refractivity contribution in [3.05, 3.63) is 35.0 Å². The molecule has 1 aromatic carbocycles. The molecule has 1 aliphatic carbocycles. The second-order valence-electron chi connectivity index (χ2n) is 5.29. The van der Waals surface area contributed by atoms with Gasteiger partial charge in [0.25, 0.3) is 0 Å². The van der Waals surface area contributed by atoms with E-state index in [0.717, 1.165) is 18.4 Å². The van der Waals surface area contributed by atoms with Gasteiger partial charge in [-0.15, -0.1) is 0 Å². The van der Waals surface area contributed by atoms with E-state index in [4.69, 9.17) is 5.26 Å². The van der Waals surface area contributed by atoms with Gasteiger partial charge in [0.15, 0.2) is 0 Å². The van der Waals surface area contributed by atoms with Crippen LogP contribution < -0.4 is 5.73 Å². The predicted molar refractivity (Wildman–Crippen MR) is 92.2 cm³/mol. The third-order valence-electron chi connectivity index (χ3n) is 3.33. The fourth-order valence-corrected chi connectivity index (χ4v) is 2.55. The molecule has 5 heteroatoms. The van der Waals surface area contributed by atoms with Gasteiger partial charge in [0, 0.05) is 16.6 Å². The normalized spacial score (nSPS) is 11.7. The number of ether oxygens (including phenoxy) is 1. The third kappa shape index (κ3) is 5.03. The SMILES string of the molecule is CC.CC(C)OC(N)=O.N#Cc1ccc2[nH]c3c(c2c1)CCC3. The number of aromatic nitrogens is 1. The number of nitriles is 1. The maximum Gasteiger partial charge on any atom is 0.404 e. The van der Waals surface area contributed by atoms with E-state index in [9.17, 15) is 4.79 Å². The molecule has 0 fully saturated rings. The fourth-order valence-electron chi connectivity index (χ4n) is 2.55. The highest BCUT2D eigenvalue weighted by molar-refractivity contribution is 5.86. The van der Waals surface area contributed by atoms with Gasteiger partial charge >= 0.3 is 6.09 Å². The first kappa shape index (κ1) is 18.6. The Balaban J connectivity index is 0.000000253. The minimum atomic E-state index is -0.713. The minimum Gasteiger partial charge on any atom is -0.447 e. The molecule has 5 nitrogen and oxygen atoms in total. The summed E-state index contributed by atoms with van der Waals surface area (Å²) in [5, 5.41) is 10.1. The number of nitrogens with zero attached hydrogens (tertiary/aromatic N) is 1. The van der Waals surface area contributed by atoms with Crippen LogP contribution in [0.2, 0.25) is 0 Å². The van der Waals surface area contributed by atoms with E-state index >= 15 is 0 Å². The number of aromatic amines is 1. The van der Waals surface area contributed by atoms with Gasteiger partial charge in [0.05, 0.1) is 17.7 Å². The van der Waals surface area contributed by atoms with E-state index in [2.05, 4.69) is 21.5 Å². The highest BCUT2D eigenvalue weighted by atomic mass is 16.6. The Morgan fingerprint density at radius 3 is 2.57 bits per heavy atom. The number of fused-ring (bicyclic) bond motifs is 3. The Hall–Kier alpha value is -2.48. The molecule has 2 aromatic rings. The minimum absolute atomic E-state index is 0.0995. The van der Waals surface area contributed by atoms with E-state index in [1.165, 1.54) is 28.6 Å². The zero-order chi connectivity index (χ0) is 17.4. The van der Waals surface area contributed by atoms with Crippen molar-refractivity contribution in [1.82, 2.24) is 4.98 Å². The second kappa shape index (κ2) is 8.84. The molecular weight excluding hydrogens is 290 g/mol. The summed E-state index contributed by atoms with van der Waals surface area (Å²) in [4.78, 5) is 13.2. The second-order valence-corrected chi connectivity index (χ2v) is 5.29. The zero-order valence-corrected chi connectivity index (χ0v) is 14.3. The number of amides is 1. The molecule has 0 aliphatic heterocycles. The Morgan fingerprint density at radius 1 is 1.35 bits per heavy atom. The van der Waals surface area contributed by atoms with Crippen molar-refractivity contribution in [3.8, 4) is 6.07 Å². The van der Waals surface area contributed by atoms with Crippen LogP contribution in [0.25, 0.3) is 10.9 Å². The van der Waals surface area contributed by atoms with E-state index in [0.29, 0.717) is 0 Å². The first-order valence-electron chi connectivity index (χ1n) is 8.01. The number of nitrogens with two attached hydrogens (primary N) is 1. The lowest BCUT2D eigenvalue weighted by Gasteiger charge is -2.01. The lowest BCUT2D eigenvalue weighted by molar-refractivity contribution is 0.125. The number of carbonyl (C=O) groups excluding carboxylic acids is 1. The van der Waals surface area contributed by atoms with Gasteiger partial charge in [0.1, 0.15) is 0 Å². The topological polar surface area (TPSA) is 91.9 Å². The predicted octanol–water partition coefficient (Wildman–Crippen LogP) is 4.04. The number of primary amides is 1. The van der Waals surface area contributed by atoms with Crippen LogP contribution in [0.5, 0.6) is 0 Å². The van der Waals surface area contributed by atoms with Crippen LogP contribution >= 0.6 is 0 Å². The highest BCUT2D eigenvalue weighted by Gasteiger charge is 2.16. The summed E-state index contributed by atoms with van der Waals surface area (Å²) in [6, 6.07) is 8.06. The molecule has 0 saturated carbocycles. The van der Waals surface area contributed by atoms with E-state index in [-0.39, 0.29) is 6.10 Å². The van der Waals surface area contributed by atoms with Crippen LogP contribution in [0.4, 0.5) is 4.79 Å². The zero-order valence-electron chi connectivity index (χ0n) is 14.3. The molecule has 1 aliphatic rings. The summed E-state index contributed by atoms with van der Waals surface area (Å²) in [5.41, 5.74) is 9.36. The average Bonchev–Trinajstić information content (AvgIpc) is 3.08.